The first-order chi connectivity index (χ1) is 12.1. The Morgan fingerprint density at radius 2 is 2.08 bits per heavy atom. The summed E-state index contributed by atoms with van der Waals surface area (Å²) in [6, 6.07) is 5.24. The molecule has 0 spiro atoms. The summed E-state index contributed by atoms with van der Waals surface area (Å²) in [6.45, 7) is 4.77. The number of ether oxygens (including phenoxy) is 2. The number of carbonyl (C=O) groups excluding carboxylic acids is 1. The van der Waals surface area contributed by atoms with Gasteiger partial charge in [0.15, 0.2) is 16.6 Å². The lowest BCUT2D eigenvalue weighted by atomic mass is 10.0. The van der Waals surface area contributed by atoms with Crippen molar-refractivity contribution in [3.8, 4) is 11.5 Å². The molecule has 0 bridgehead atoms. The molecule has 1 aromatic carbocycles. The smallest absolute Gasteiger partial charge is 0.257 e. The van der Waals surface area contributed by atoms with E-state index in [1.807, 2.05) is 0 Å². The molecule has 1 heterocycles. The summed E-state index contributed by atoms with van der Waals surface area (Å²) in [6.07, 6.45) is 4.47. The highest BCUT2D eigenvalue weighted by Crippen LogP contribution is 2.31. The van der Waals surface area contributed by atoms with Gasteiger partial charge >= 0.3 is 0 Å². The molecule has 2 aromatic rings. The molecule has 5 nitrogen and oxygen atoms in total. The summed E-state index contributed by atoms with van der Waals surface area (Å²) in [5.41, 5.74) is 1.67. The van der Waals surface area contributed by atoms with Crippen molar-refractivity contribution < 1.29 is 14.3 Å². The predicted molar refractivity (Wildman–Crippen MR) is 100 cm³/mol. The van der Waals surface area contributed by atoms with Crippen molar-refractivity contribution in [2.75, 3.05) is 19.0 Å². The molecule has 0 saturated heterocycles. The summed E-state index contributed by atoms with van der Waals surface area (Å²) in [5, 5.41) is 3.59. The molecule has 25 heavy (non-hydrogen) atoms. The van der Waals surface area contributed by atoms with Crippen LogP contribution >= 0.6 is 11.3 Å². The number of methoxy groups -OCH3 is 1. The van der Waals surface area contributed by atoms with Gasteiger partial charge in [0.1, 0.15) is 0 Å². The number of thiazole rings is 1. The molecular weight excluding hydrogens is 336 g/mol. The van der Waals surface area contributed by atoms with Gasteiger partial charge in [0.05, 0.1) is 19.4 Å². The van der Waals surface area contributed by atoms with Gasteiger partial charge in [-0.05, 0) is 49.8 Å². The van der Waals surface area contributed by atoms with E-state index in [1.54, 1.807) is 36.6 Å². The van der Waals surface area contributed by atoms with Crippen LogP contribution < -0.4 is 14.8 Å². The highest BCUT2D eigenvalue weighted by atomic mass is 32.1. The van der Waals surface area contributed by atoms with Crippen molar-refractivity contribution in [3.63, 3.8) is 0 Å². The number of nitrogens with zero attached hydrogens (tertiary/aromatic N) is 1. The lowest BCUT2D eigenvalue weighted by Crippen LogP contribution is -2.12. The number of amides is 1. The van der Waals surface area contributed by atoms with Gasteiger partial charge in [0.25, 0.3) is 5.91 Å². The van der Waals surface area contributed by atoms with Crippen molar-refractivity contribution in [1.29, 1.82) is 0 Å². The minimum atomic E-state index is -0.181. The van der Waals surface area contributed by atoms with E-state index in [9.17, 15) is 4.79 Å². The fraction of sp³-hybridized carbons (Fsp3) is 0.474. The monoisotopic (exact) mass is 360 g/mol. The number of anilines is 1. The van der Waals surface area contributed by atoms with E-state index < -0.39 is 0 Å². The van der Waals surface area contributed by atoms with Crippen LogP contribution in [-0.2, 0) is 12.8 Å². The van der Waals surface area contributed by atoms with Gasteiger partial charge in [-0.2, -0.15) is 0 Å². The first-order valence-electron chi connectivity index (χ1n) is 8.67. The van der Waals surface area contributed by atoms with Crippen LogP contribution in [0.25, 0.3) is 0 Å². The van der Waals surface area contributed by atoms with Crippen LogP contribution in [0.2, 0.25) is 0 Å². The van der Waals surface area contributed by atoms with Crippen LogP contribution in [-0.4, -0.2) is 24.6 Å². The zero-order chi connectivity index (χ0) is 17.8. The van der Waals surface area contributed by atoms with Crippen LogP contribution in [0.15, 0.2) is 18.2 Å². The highest BCUT2D eigenvalue weighted by molar-refractivity contribution is 7.15. The van der Waals surface area contributed by atoms with Crippen LogP contribution in [0.1, 0.15) is 47.6 Å². The number of aryl methyl sites for hydroxylation is 2. The van der Waals surface area contributed by atoms with Crippen molar-refractivity contribution >= 4 is 22.4 Å². The van der Waals surface area contributed by atoms with Gasteiger partial charge in [-0.15, -0.1) is 11.3 Å². The van der Waals surface area contributed by atoms with Crippen molar-refractivity contribution in [3.05, 3.63) is 34.3 Å². The third-order valence-electron chi connectivity index (χ3n) is 4.06. The number of rotatable bonds is 6. The number of nitrogens with one attached hydrogen (secondary N) is 1. The second-order valence-electron chi connectivity index (χ2n) is 6.62. The van der Waals surface area contributed by atoms with E-state index >= 15 is 0 Å². The van der Waals surface area contributed by atoms with Gasteiger partial charge in [-0.3, -0.25) is 10.1 Å². The molecule has 134 valence electrons. The molecule has 1 aliphatic rings. The van der Waals surface area contributed by atoms with Gasteiger partial charge in [-0.1, -0.05) is 13.8 Å². The van der Waals surface area contributed by atoms with Crippen LogP contribution in [0.3, 0.4) is 0 Å². The summed E-state index contributed by atoms with van der Waals surface area (Å²) < 4.78 is 11.1. The third-order valence-corrected chi connectivity index (χ3v) is 5.14. The Labute approximate surface area is 152 Å². The fourth-order valence-corrected chi connectivity index (χ4v) is 3.80. The summed E-state index contributed by atoms with van der Waals surface area (Å²) >= 11 is 1.58. The van der Waals surface area contributed by atoms with Crippen LogP contribution in [0, 0.1) is 5.92 Å². The second kappa shape index (κ2) is 7.87. The summed E-state index contributed by atoms with van der Waals surface area (Å²) in [5.74, 6) is 1.45. The van der Waals surface area contributed by atoms with E-state index in [0.29, 0.717) is 34.7 Å². The molecule has 1 aromatic heterocycles. The Morgan fingerprint density at radius 1 is 1.28 bits per heavy atom. The normalized spacial score (nSPS) is 13.4. The van der Waals surface area contributed by atoms with Crippen LogP contribution in [0.4, 0.5) is 5.13 Å². The first kappa shape index (κ1) is 17.7. The lowest BCUT2D eigenvalue weighted by Gasteiger charge is -2.13. The summed E-state index contributed by atoms with van der Waals surface area (Å²) in [4.78, 5) is 18.4. The molecule has 0 radical (unpaired) electrons. The molecule has 3 rings (SSSR count). The maximum absolute atomic E-state index is 12.5. The third kappa shape index (κ3) is 4.31. The number of aromatic nitrogens is 1. The lowest BCUT2D eigenvalue weighted by molar-refractivity contribution is 0.102. The Bertz CT molecular complexity index is 732. The van der Waals surface area contributed by atoms with Crippen LogP contribution in [0.5, 0.6) is 11.5 Å². The topological polar surface area (TPSA) is 60.5 Å². The zero-order valence-electron chi connectivity index (χ0n) is 14.9. The second-order valence-corrected chi connectivity index (χ2v) is 7.70. The minimum Gasteiger partial charge on any atom is -0.493 e. The average Bonchev–Trinajstić information content (AvgIpc) is 3.01. The molecule has 1 amide bonds. The largest absolute Gasteiger partial charge is 0.493 e. The Balaban J connectivity index is 1.72. The maximum Gasteiger partial charge on any atom is 0.257 e. The number of carbonyl (C=O) groups is 1. The predicted octanol–water partition coefficient (Wildman–Crippen LogP) is 4.32. The standard InChI is InChI=1S/C19H24N2O3S/c1-12(2)11-24-15-9-8-13(10-16(15)23-3)18(22)21-19-20-14-6-4-5-7-17(14)25-19/h8-10,12H,4-7,11H2,1-3H3,(H,20,21,22). The van der Waals surface area contributed by atoms with E-state index in [-0.39, 0.29) is 5.91 Å². The van der Waals surface area contributed by atoms with E-state index in [2.05, 4.69) is 24.1 Å². The quantitative estimate of drug-likeness (QED) is 0.833. The van der Waals surface area contributed by atoms with Crippen molar-refractivity contribution in [2.45, 2.75) is 39.5 Å². The SMILES string of the molecule is COc1cc(C(=O)Nc2nc3c(s2)CCCC3)ccc1OCC(C)C. The van der Waals surface area contributed by atoms with Gasteiger partial charge in [0.2, 0.25) is 0 Å². The Morgan fingerprint density at radius 3 is 2.80 bits per heavy atom. The fourth-order valence-electron chi connectivity index (χ4n) is 2.76. The van der Waals surface area contributed by atoms with E-state index in [0.717, 1.165) is 18.5 Å². The van der Waals surface area contributed by atoms with E-state index in [4.69, 9.17) is 9.47 Å². The van der Waals surface area contributed by atoms with Gasteiger partial charge in [-0.25, -0.2) is 4.98 Å². The number of hydrogen-bond donors (Lipinski definition) is 1. The Kier molecular flexibility index (Phi) is 5.58. The number of hydrogen-bond acceptors (Lipinski definition) is 5. The Hall–Kier alpha value is -2.08. The van der Waals surface area contributed by atoms with Gasteiger partial charge in [0, 0.05) is 10.4 Å². The molecule has 0 aliphatic heterocycles. The molecule has 0 fully saturated rings. The molecule has 0 atom stereocenters. The summed E-state index contributed by atoms with van der Waals surface area (Å²) in [7, 11) is 1.58. The molecule has 1 N–H and O–H groups in total. The van der Waals surface area contributed by atoms with Crippen molar-refractivity contribution in [2.24, 2.45) is 5.92 Å². The molecular formula is C19H24N2O3S. The number of fused-ring (bicyclic) bond motifs is 1. The molecule has 0 saturated carbocycles. The molecule has 0 unspecified atom stereocenters. The maximum atomic E-state index is 12.5. The molecule has 1 aliphatic carbocycles. The van der Waals surface area contributed by atoms with Crippen molar-refractivity contribution in [1.82, 2.24) is 4.98 Å². The zero-order valence-corrected chi connectivity index (χ0v) is 15.7. The number of benzene rings is 1. The average molecular weight is 360 g/mol. The first-order valence-corrected chi connectivity index (χ1v) is 9.49. The molecule has 6 heteroatoms. The van der Waals surface area contributed by atoms with Gasteiger partial charge < -0.3 is 9.47 Å². The minimum absolute atomic E-state index is 0.181. The van der Waals surface area contributed by atoms with E-state index in [1.165, 1.54) is 17.7 Å². The highest BCUT2D eigenvalue weighted by Gasteiger charge is 2.18.